The fourth-order valence-electron chi connectivity index (χ4n) is 1.46. The van der Waals surface area contributed by atoms with E-state index in [1.807, 2.05) is 12.3 Å². The zero-order valence-electron chi connectivity index (χ0n) is 9.46. The zero-order chi connectivity index (χ0) is 11.5. The summed E-state index contributed by atoms with van der Waals surface area (Å²) in [6.07, 6.45) is 5.30. The summed E-state index contributed by atoms with van der Waals surface area (Å²) >= 11 is 0. The number of aliphatic hydroxyl groups is 1. The van der Waals surface area contributed by atoms with Crippen molar-refractivity contribution in [3.8, 4) is 5.82 Å². The van der Waals surface area contributed by atoms with Crippen molar-refractivity contribution in [3.05, 3.63) is 42.1 Å². The highest BCUT2D eigenvalue weighted by molar-refractivity contribution is 5.27. The van der Waals surface area contributed by atoms with E-state index < -0.39 is 0 Å². The maximum Gasteiger partial charge on any atom is 0.137 e. The maximum atomic E-state index is 8.92. The van der Waals surface area contributed by atoms with E-state index in [0.717, 1.165) is 5.82 Å². The molecule has 0 aliphatic rings. The summed E-state index contributed by atoms with van der Waals surface area (Å²) in [6.45, 7) is 4.23. The van der Waals surface area contributed by atoms with Crippen LogP contribution in [0.4, 0.5) is 0 Å². The Morgan fingerprint density at radius 1 is 1.31 bits per heavy atom. The average molecular weight is 217 g/mol. The first-order valence-electron chi connectivity index (χ1n) is 5.30. The smallest absolute Gasteiger partial charge is 0.137 e. The maximum absolute atomic E-state index is 8.92. The minimum Gasteiger partial charge on any atom is -0.390 e. The Morgan fingerprint density at radius 3 is 2.62 bits per heavy atom. The van der Waals surface area contributed by atoms with E-state index in [1.54, 1.807) is 17.1 Å². The second kappa shape index (κ2) is 4.45. The van der Waals surface area contributed by atoms with Crippen molar-refractivity contribution in [1.29, 1.82) is 0 Å². The van der Waals surface area contributed by atoms with E-state index in [2.05, 4.69) is 29.9 Å². The monoisotopic (exact) mass is 217 g/mol. The van der Waals surface area contributed by atoms with Gasteiger partial charge < -0.3 is 5.11 Å². The van der Waals surface area contributed by atoms with Crippen molar-refractivity contribution < 1.29 is 5.11 Å². The van der Waals surface area contributed by atoms with Crippen molar-refractivity contribution >= 4 is 0 Å². The fourth-order valence-corrected chi connectivity index (χ4v) is 1.46. The summed E-state index contributed by atoms with van der Waals surface area (Å²) < 4.78 is 1.80. The lowest BCUT2D eigenvalue weighted by molar-refractivity contribution is 0.277. The van der Waals surface area contributed by atoms with Gasteiger partial charge in [-0.3, -0.25) is 4.57 Å². The molecule has 0 saturated heterocycles. The SMILES string of the molecule is CC(C)c1ccc(-n2cnc(CO)c2)nc1. The van der Waals surface area contributed by atoms with Crippen LogP contribution in [0.25, 0.3) is 5.82 Å². The highest BCUT2D eigenvalue weighted by Crippen LogP contribution is 2.14. The molecule has 2 aromatic heterocycles. The number of hydrogen-bond donors (Lipinski definition) is 1. The normalized spacial score (nSPS) is 11.0. The van der Waals surface area contributed by atoms with Gasteiger partial charge in [-0.1, -0.05) is 19.9 Å². The van der Waals surface area contributed by atoms with Gasteiger partial charge >= 0.3 is 0 Å². The van der Waals surface area contributed by atoms with Gasteiger partial charge in [0.1, 0.15) is 12.1 Å². The van der Waals surface area contributed by atoms with E-state index in [-0.39, 0.29) is 6.61 Å². The molecular weight excluding hydrogens is 202 g/mol. The molecule has 0 radical (unpaired) electrons. The van der Waals surface area contributed by atoms with Gasteiger partial charge in [-0.05, 0) is 17.5 Å². The van der Waals surface area contributed by atoms with Gasteiger partial charge in [-0.25, -0.2) is 9.97 Å². The lowest BCUT2D eigenvalue weighted by Gasteiger charge is -2.05. The van der Waals surface area contributed by atoms with E-state index in [1.165, 1.54) is 5.56 Å². The zero-order valence-corrected chi connectivity index (χ0v) is 9.46. The summed E-state index contributed by atoms with van der Waals surface area (Å²) in [4.78, 5) is 8.40. The molecule has 84 valence electrons. The summed E-state index contributed by atoms with van der Waals surface area (Å²) in [6, 6.07) is 4.02. The molecule has 0 amide bonds. The first-order valence-corrected chi connectivity index (χ1v) is 5.30. The minimum atomic E-state index is -0.0446. The van der Waals surface area contributed by atoms with Gasteiger partial charge in [0.05, 0.1) is 12.3 Å². The number of nitrogens with zero attached hydrogens (tertiary/aromatic N) is 3. The lowest BCUT2D eigenvalue weighted by Crippen LogP contribution is -1.96. The Balaban J connectivity index is 2.27. The van der Waals surface area contributed by atoms with Crippen molar-refractivity contribution in [1.82, 2.24) is 14.5 Å². The van der Waals surface area contributed by atoms with E-state index >= 15 is 0 Å². The summed E-state index contributed by atoms with van der Waals surface area (Å²) in [5.74, 6) is 1.30. The predicted octanol–water partition coefficient (Wildman–Crippen LogP) is 1.88. The van der Waals surface area contributed by atoms with Crippen molar-refractivity contribution in [2.24, 2.45) is 0 Å². The third kappa shape index (κ3) is 2.12. The fraction of sp³-hybridized carbons (Fsp3) is 0.333. The molecule has 0 saturated carbocycles. The average Bonchev–Trinajstić information content (AvgIpc) is 2.77. The topological polar surface area (TPSA) is 50.9 Å². The van der Waals surface area contributed by atoms with Crippen molar-refractivity contribution in [3.63, 3.8) is 0 Å². The van der Waals surface area contributed by atoms with Gasteiger partial charge in [0.15, 0.2) is 0 Å². The molecule has 4 nitrogen and oxygen atoms in total. The third-order valence-electron chi connectivity index (χ3n) is 2.50. The summed E-state index contributed by atoms with van der Waals surface area (Å²) in [5, 5.41) is 8.92. The van der Waals surface area contributed by atoms with Crippen molar-refractivity contribution in [2.45, 2.75) is 26.4 Å². The number of rotatable bonds is 3. The number of aliphatic hydroxyl groups excluding tert-OH is 1. The van der Waals surface area contributed by atoms with Crippen LogP contribution in [0.15, 0.2) is 30.9 Å². The molecule has 0 spiro atoms. The Labute approximate surface area is 94.6 Å². The lowest BCUT2D eigenvalue weighted by atomic mass is 10.1. The molecule has 0 bridgehead atoms. The van der Waals surface area contributed by atoms with Crippen LogP contribution >= 0.6 is 0 Å². The van der Waals surface area contributed by atoms with Gasteiger partial charge in [-0.15, -0.1) is 0 Å². The van der Waals surface area contributed by atoms with Crippen molar-refractivity contribution in [2.75, 3.05) is 0 Å². The van der Waals surface area contributed by atoms with Crippen LogP contribution in [0.1, 0.15) is 31.0 Å². The molecule has 2 heterocycles. The van der Waals surface area contributed by atoms with E-state index in [4.69, 9.17) is 5.11 Å². The molecule has 0 unspecified atom stereocenters. The molecule has 0 aliphatic heterocycles. The third-order valence-corrected chi connectivity index (χ3v) is 2.50. The molecule has 2 aromatic rings. The number of hydrogen-bond acceptors (Lipinski definition) is 3. The van der Waals surface area contributed by atoms with Gasteiger partial charge in [0.2, 0.25) is 0 Å². The van der Waals surface area contributed by atoms with Crippen LogP contribution in [0, 0.1) is 0 Å². The van der Waals surface area contributed by atoms with E-state index in [0.29, 0.717) is 11.6 Å². The molecule has 4 heteroatoms. The first-order chi connectivity index (χ1) is 7.70. The van der Waals surface area contributed by atoms with Gasteiger partial charge in [0, 0.05) is 12.4 Å². The Bertz CT molecular complexity index is 459. The molecule has 2 rings (SSSR count). The second-order valence-corrected chi connectivity index (χ2v) is 4.03. The molecular formula is C12H15N3O. The van der Waals surface area contributed by atoms with Crippen LogP contribution in [0.2, 0.25) is 0 Å². The van der Waals surface area contributed by atoms with Gasteiger partial charge in [0.25, 0.3) is 0 Å². The van der Waals surface area contributed by atoms with Crippen LogP contribution in [-0.4, -0.2) is 19.6 Å². The standard InChI is InChI=1S/C12H15N3O/c1-9(2)10-3-4-12(13-5-10)15-6-11(7-16)14-8-15/h3-6,8-9,16H,7H2,1-2H3. The summed E-state index contributed by atoms with van der Waals surface area (Å²) in [5.41, 5.74) is 1.86. The number of aromatic nitrogens is 3. The van der Waals surface area contributed by atoms with Gasteiger partial charge in [-0.2, -0.15) is 0 Å². The van der Waals surface area contributed by atoms with Crippen LogP contribution in [-0.2, 0) is 6.61 Å². The Kier molecular flexibility index (Phi) is 3.01. The highest BCUT2D eigenvalue weighted by atomic mass is 16.3. The minimum absolute atomic E-state index is 0.0446. The van der Waals surface area contributed by atoms with Crippen LogP contribution in [0.3, 0.4) is 0 Å². The molecule has 0 aliphatic carbocycles. The Hall–Kier alpha value is -1.68. The second-order valence-electron chi connectivity index (χ2n) is 4.03. The summed E-state index contributed by atoms with van der Waals surface area (Å²) in [7, 11) is 0. The number of imidazole rings is 1. The highest BCUT2D eigenvalue weighted by Gasteiger charge is 2.03. The molecule has 16 heavy (non-hydrogen) atoms. The predicted molar refractivity (Wildman–Crippen MR) is 61.4 cm³/mol. The quantitative estimate of drug-likeness (QED) is 0.854. The van der Waals surface area contributed by atoms with Crippen LogP contribution < -0.4 is 0 Å². The first kappa shape index (κ1) is 10.8. The number of pyridine rings is 1. The van der Waals surface area contributed by atoms with Crippen LogP contribution in [0.5, 0.6) is 0 Å². The van der Waals surface area contributed by atoms with E-state index in [9.17, 15) is 0 Å². The molecule has 1 N–H and O–H groups in total. The molecule has 0 atom stereocenters. The molecule has 0 aromatic carbocycles. The molecule has 0 fully saturated rings. The largest absolute Gasteiger partial charge is 0.390 e. The Morgan fingerprint density at radius 2 is 2.12 bits per heavy atom.